The number of carbonyl (C=O) groups excluding carboxylic acids is 2. The van der Waals surface area contributed by atoms with Crippen LogP contribution < -0.4 is 4.74 Å². The number of ketones is 2. The van der Waals surface area contributed by atoms with Gasteiger partial charge in [0.25, 0.3) is 0 Å². The van der Waals surface area contributed by atoms with Crippen LogP contribution in [0.1, 0.15) is 49.7 Å². The van der Waals surface area contributed by atoms with Gasteiger partial charge < -0.3 is 9.47 Å². The van der Waals surface area contributed by atoms with Crippen LogP contribution in [0.2, 0.25) is 0 Å². The molecule has 0 radical (unpaired) electrons. The summed E-state index contributed by atoms with van der Waals surface area (Å²) in [6.07, 6.45) is 3.29. The molecule has 0 aromatic heterocycles. The van der Waals surface area contributed by atoms with Crippen LogP contribution in [0.5, 0.6) is 11.5 Å². The van der Waals surface area contributed by atoms with Crippen molar-refractivity contribution in [3.05, 3.63) is 58.1 Å². The minimum Gasteiger partial charge on any atom is -0.457 e. The van der Waals surface area contributed by atoms with Gasteiger partial charge in [0.1, 0.15) is 29.0 Å². The average molecular weight is 457 g/mol. The van der Waals surface area contributed by atoms with Crippen molar-refractivity contribution in [3.8, 4) is 11.5 Å². The first-order chi connectivity index (χ1) is 14.0. The fourth-order valence-electron chi connectivity index (χ4n) is 4.56. The van der Waals surface area contributed by atoms with E-state index in [4.69, 9.17) is 9.47 Å². The molecule has 1 spiro atoms. The number of halogens is 1. The maximum atomic E-state index is 13.1. The van der Waals surface area contributed by atoms with Crippen LogP contribution in [0.3, 0.4) is 0 Å². The van der Waals surface area contributed by atoms with Crippen molar-refractivity contribution >= 4 is 27.5 Å². The second-order valence-electron chi connectivity index (χ2n) is 8.10. The number of benzene rings is 2. The van der Waals surface area contributed by atoms with Gasteiger partial charge in [-0.3, -0.25) is 9.59 Å². The van der Waals surface area contributed by atoms with Gasteiger partial charge >= 0.3 is 0 Å². The predicted molar refractivity (Wildman–Crippen MR) is 115 cm³/mol. The Morgan fingerprint density at radius 1 is 1.00 bits per heavy atom. The predicted octanol–water partition coefficient (Wildman–Crippen LogP) is 5.62. The monoisotopic (exact) mass is 456 g/mol. The van der Waals surface area contributed by atoms with Crippen LogP contribution in [-0.4, -0.2) is 24.8 Å². The summed E-state index contributed by atoms with van der Waals surface area (Å²) < 4.78 is 12.4. The molecule has 1 saturated carbocycles. The van der Waals surface area contributed by atoms with Gasteiger partial charge in [-0.1, -0.05) is 28.9 Å². The molecule has 1 aliphatic carbocycles. The molecule has 0 N–H and O–H groups in total. The lowest BCUT2D eigenvalue weighted by molar-refractivity contribution is -0.139. The van der Waals surface area contributed by atoms with Crippen LogP contribution in [-0.2, 0) is 20.7 Å². The zero-order valence-electron chi connectivity index (χ0n) is 16.6. The maximum absolute atomic E-state index is 13.1. The summed E-state index contributed by atoms with van der Waals surface area (Å²) in [4.78, 5) is 26.3. The lowest BCUT2D eigenvalue weighted by Crippen LogP contribution is -2.42. The quantitative estimate of drug-likeness (QED) is 0.560. The molecule has 29 heavy (non-hydrogen) atoms. The first kappa shape index (κ1) is 20.3. The minimum atomic E-state index is -0.674. The molecule has 2 fully saturated rings. The molecule has 0 unspecified atom stereocenters. The van der Waals surface area contributed by atoms with Crippen LogP contribution in [0, 0.1) is 5.41 Å². The topological polar surface area (TPSA) is 52.6 Å². The van der Waals surface area contributed by atoms with Crippen molar-refractivity contribution in [1.82, 2.24) is 0 Å². The molecule has 4 nitrogen and oxygen atoms in total. The summed E-state index contributed by atoms with van der Waals surface area (Å²) in [5.74, 6) is 0.765. The lowest BCUT2D eigenvalue weighted by Gasteiger charge is -2.41. The Labute approximate surface area is 179 Å². The summed E-state index contributed by atoms with van der Waals surface area (Å²) >= 11 is 3.42. The number of hydrogen-bond donors (Lipinski definition) is 0. The van der Waals surface area contributed by atoms with E-state index in [9.17, 15) is 9.59 Å². The average Bonchev–Trinajstić information content (AvgIpc) is 2.70. The Bertz CT molecular complexity index is 893. The third-order valence-electron chi connectivity index (χ3n) is 6.15. The van der Waals surface area contributed by atoms with Crippen LogP contribution in [0.4, 0.5) is 0 Å². The minimum absolute atomic E-state index is 0.0404. The van der Waals surface area contributed by atoms with E-state index in [1.807, 2.05) is 49.4 Å². The van der Waals surface area contributed by atoms with E-state index < -0.39 is 5.92 Å². The maximum Gasteiger partial charge on any atom is 0.148 e. The second-order valence-corrected chi connectivity index (χ2v) is 9.02. The Morgan fingerprint density at radius 3 is 2.24 bits per heavy atom. The summed E-state index contributed by atoms with van der Waals surface area (Å²) in [6.45, 7) is 3.33. The molecule has 2 aromatic carbocycles. The highest BCUT2D eigenvalue weighted by molar-refractivity contribution is 9.10. The van der Waals surface area contributed by atoms with E-state index in [-0.39, 0.29) is 17.0 Å². The summed E-state index contributed by atoms with van der Waals surface area (Å²) in [5, 5.41) is 0. The van der Waals surface area contributed by atoms with Crippen molar-refractivity contribution in [1.29, 1.82) is 0 Å². The molecule has 0 atom stereocenters. The van der Waals surface area contributed by atoms with Gasteiger partial charge in [0, 0.05) is 30.5 Å². The zero-order chi connectivity index (χ0) is 20.4. The van der Waals surface area contributed by atoms with E-state index >= 15 is 0 Å². The van der Waals surface area contributed by atoms with Gasteiger partial charge in [0.2, 0.25) is 0 Å². The van der Waals surface area contributed by atoms with Crippen molar-refractivity contribution in [2.75, 3.05) is 13.2 Å². The van der Waals surface area contributed by atoms with Gasteiger partial charge in [-0.05, 0) is 72.2 Å². The van der Waals surface area contributed by atoms with Crippen LogP contribution in [0.25, 0.3) is 0 Å². The van der Waals surface area contributed by atoms with Gasteiger partial charge in [-0.25, -0.2) is 0 Å². The molecule has 5 heteroatoms. The molecule has 0 bridgehead atoms. The number of carbonyl (C=O) groups is 2. The molecule has 4 rings (SSSR count). The fourth-order valence-corrected chi connectivity index (χ4v) is 4.82. The standard InChI is InChI=1S/C24H25BrO4/c1-2-16-3-6-19(29-18-7-4-17(25)5-8-18)13-20(16)23-21(26)14-24(15-22(23)27)9-11-28-12-10-24/h3-8,13,23H,2,9-12,14-15H2,1H3. The number of Topliss-reactive ketones (excluding diaryl/α,β-unsaturated/α-hetero) is 2. The van der Waals surface area contributed by atoms with Gasteiger partial charge in [-0.15, -0.1) is 0 Å². The number of rotatable bonds is 4. The summed E-state index contributed by atoms with van der Waals surface area (Å²) in [5.41, 5.74) is 1.64. The van der Waals surface area contributed by atoms with Crippen LogP contribution >= 0.6 is 15.9 Å². The number of hydrogen-bond acceptors (Lipinski definition) is 4. The van der Waals surface area contributed by atoms with E-state index in [0.29, 0.717) is 37.6 Å². The largest absolute Gasteiger partial charge is 0.457 e. The summed E-state index contributed by atoms with van der Waals surface area (Å²) in [7, 11) is 0. The third-order valence-corrected chi connectivity index (χ3v) is 6.68. The van der Waals surface area contributed by atoms with Gasteiger partial charge in [-0.2, -0.15) is 0 Å². The van der Waals surface area contributed by atoms with Crippen molar-refractivity contribution < 1.29 is 19.1 Å². The van der Waals surface area contributed by atoms with E-state index in [1.165, 1.54) is 0 Å². The molecule has 2 aliphatic rings. The SMILES string of the molecule is CCc1ccc(Oc2ccc(Br)cc2)cc1C1C(=O)CC2(CCOCC2)CC1=O. The smallest absolute Gasteiger partial charge is 0.148 e. The molecule has 1 heterocycles. The highest BCUT2D eigenvalue weighted by Gasteiger charge is 2.46. The molecule has 1 saturated heterocycles. The van der Waals surface area contributed by atoms with E-state index in [1.54, 1.807) is 0 Å². The molecular weight excluding hydrogens is 432 g/mol. The first-order valence-electron chi connectivity index (χ1n) is 10.2. The lowest BCUT2D eigenvalue weighted by atomic mass is 9.63. The van der Waals surface area contributed by atoms with Gasteiger partial charge in [0.05, 0.1) is 0 Å². The van der Waals surface area contributed by atoms with Crippen molar-refractivity contribution in [2.45, 2.75) is 44.9 Å². The highest BCUT2D eigenvalue weighted by atomic mass is 79.9. The molecule has 152 valence electrons. The zero-order valence-corrected chi connectivity index (χ0v) is 18.2. The Hall–Kier alpha value is -1.98. The number of aryl methyl sites for hydroxylation is 1. The Morgan fingerprint density at radius 2 is 1.62 bits per heavy atom. The van der Waals surface area contributed by atoms with E-state index in [0.717, 1.165) is 34.9 Å². The van der Waals surface area contributed by atoms with Crippen molar-refractivity contribution in [3.63, 3.8) is 0 Å². The van der Waals surface area contributed by atoms with Crippen LogP contribution in [0.15, 0.2) is 46.9 Å². The fraction of sp³-hybridized carbons (Fsp3) is 0.417. The second kappa shape index (κ2) is 8.41. The Balaban J connectivity index is 1.62. The summed E-state index contributed by atoms with van der Waals surface area (Å²) in [6, 6.07) is 13.3. The van der Waals surface area contributed by atoms with Crippen molar-refractivity contribution in [2.24, 2.45) is 5.41 Å². The van der Waals surface area contributed by atoms with E-state index in [2.05, 4.69) is 15.9 Å². The first-order valence-corrected chi connectivity index (χ1v) is 11.0. The molecule has 2 aromatic rings. The third kappa shape index (κ3) is 4.31. The molecular formula is C24H25BrO4. The Kier molecular flexibility index (Phi) is 5.88. The van der Waals surface area contributed by atoms with Gasteiger partial charge in [0.15, 0.2) is 0 Å². The number of ether oxygens (including phenoxy) is 2. The highest BCUT2D eigenvalue weighted by Crippen LogP contribution is 2.46. The molecule has 0 amide bonds. The normalized spacial score (nSPS) is 19.5. The molecule has 1 aliphatic heterocycles.